The van der Waals surface area contributed by atoms with Crippen molar-refractivity contribution in [1.29, 1.82) is 0 Å². The van der Waals surface area contributed by atoms with E-state index in [9.17, 15) is 4.79 Å². The lowest BCUT2D eigenvalue weighted by molar-refractivity contribution is -0.449. The molecular formula is C12H14ClN2O+. The Morgan fingerprint density at radius 3 is 2.75 bits per heavy atom. The SMILES string of the molecule is O=C(CNC1=[NH+]CCC1)c1ccc(Cl)cc1. The van der Waals surface area contributed by atoms with E-state index in [2.05, 4.69) is 10.3 Å². The van der Waals surface area contributed by atoms with Gasteiger partial charge in [0.15, 0.2) is 0 Å². The maximum Gasteiger partial charge on any atom is 0.243 e. The molecule has 0 radical (unpaired) electrons. The second-order valence-corrected chi connectivity index (χ2v) is 4.23. The molecule has 0 spiro atoms. The number of Topliss-reactive ketones (excluding diaryl/α,β-unsaturated/α-hetero) is 1. The third kappa shape index (κ3) is 2.83. The van der Waals surface area contributed by atoms with Crippen LogP contribution in [-0.2, 0) is 0 Å². The first-order valence-corrected chi connectivity index (χ1v) is 5.76. The molecule has 0 bridgehead atoms. The van der Waals surface area contributed by atoms with Gasteiger partial charge in [-0.2, -0.15) is 0 Å². The zero-order valence-electron chi connectivity index (χ0n) is 8.92. The van der Waals surface area contributed by atoms with Gasteiger partial charge in [-0.3, -0.25) is 15.1 Å². The van der Waals surface area contributed by atoms with Gasteiger partial charge < -0.3 is 0 Å². The molecule has 1 aliphatic heterocycles. The second-order valence-electron chi connectivity index (χ2n) is 3.79. The van der Waals surface area contributed by atoms with Crippen LogP contribution in [-0.4, -0.2) is 24.7 Å². The van der Waals surface area contributed by atoms with Gasteiger partial charge >= 0.3 is 0 Å². The van der Waals surface area contributed by atoms with Crippen LogP contribution in [0.25, 0.3) is 0 Å². The average Bonchev–Trinajstić information content (AvgIpc) is 2.80. The number of ketones is 1. The number of hydrogen-bond donors (Lipinski definition) is 2. The number of carbonyl (C=O) groups is 1. The van der Waals surface area contributed by atoms with Crippen molar-refractivity contribution in [1.82, 2.24) is 5.32 Å². The van der Waals surface area contributed by atoms with Crippen molar-refractivity contribution in [3.8, 4) is 0 Å². The Hall–Kier alpha value is -1.35. The summed E-state index contributed by atoms with van der Waals surface area (Å²) in [5.41, 5.74) is 0.690. The summed E-state index contributed by atoms with van der Waals surface area (Å²) in [5.74, 6) is 1.15. The molecule has 0 amide bonds. The molecule has 1 aromatic rings. The molecule has 0 atom stereocenters. The Labute approximate surface area is 99.5 Å². The van der Waals surface area contributed by atoms with E-state index in [4.69, 9.17) is 11.6 Å². The molecule has 84 valence electrons. The van der Waals surface area contributed by atoms with Crippen molar-refractivity contribution >= 4 is 23.2 Å². The van der Waals surface area contributed by atoms with E-state index < -0.39 is 0 Å². The van der Waals surface area contributed by atoms with Gasteiger partial charge in [-0.1, -0.05) is 11.6 Å². The highest BCUT2D eigenvalue weighted by Gasteiger charge is 2.14. The normalized spacial score (nSPS) is 14.7. The first-order valence-electron chi connectivity index (χ1n) is 5.38. The molecule has 16 heavy (non-hydrogen) atoms. The van der Waals surface area contributed by atoms with E-state index in [0.717, 1.165) is 25.2 Å². The molecule has 1 aliphatic rings. The summed E-state index contributed by atoms with van der Waals surface area (Å²) in [6, 6.07) is 6.96. The zero-order valence-corrected chi connectivity index (χ0v) is 9.68. The van der Waals surface area contributed by atoms with Crippen LogP contribution in [0.1, 0.15) is 23.2 Å². The van der Waals surface area contributed by atoms with Gasteiger partial charge in [0.2, 0.25) is 11.6 Å². The number of hydrogen-bond acceptors (Lipinski definition) is 2. The highest BCUT2D eigenvalue weighted by atomic mass is 35.5. The quantitative estimate of drug-likeness (QED) is 0.747. The Kier molecular flexibility index (Phi) is 3.57. The summed E-state index contributed by atoms with van der Waals surface area (Å²) in [5, 5.41) is 3.77. The molecule has 1 aromatic carbocycles. The van der Waals surface area contributed by atoms with E-state index in [1.807, 2.05) is 0 Å². The van der Waals surface area contributed by atoms with Crippen molar-refractivity contribution in [3.05, 3.63) is 34.9 Å². The van der Waals surface area contributed by atoms with Crippen LogP contribution in [0.3, 0.4) is 0 Å². The highest BCUT2D eigenvalue weighted by molar-refractivity contribution is 6.30. The second kappa shape index (κ2) is 5.12. The van der Waals surface area contributed by atoms with E-state index in [0.29, 0.717) is 17.1 Å². The lowest BCUT2D eigenvalue weighted by atomic mass is 10.1. The van der Waals surface area contributed by atoms with Crippen molar-refractivity contribution in [2.75, 3.05) is 13.1 Å². The minimum Gasteiger partial charge on any atom is -0.290 e. The molecule has 0 saturated heterocycles. The minimum atomic E-state index is 0.0814. The average molecular weight is 238 g/mol. The first-order chi connectivity index (χ1) is 7.75. The predicted molar refractivity (Wildman–Crippen MR) is 63.9 cm³/mol. The topological polar surface area (TPSA) is 43.1 Å². The molecular weight excluding hydrogens is 224 g/mol. The summed E-state index contributed by atoms with van der Waals surface area (Å²) in [6.07, 6.45) is 2.14. The van der Waals surface area contributed by atoms with Crippen LogP contribution in [0.4, 0.5) is 0 Å². The van der Waals surface area contributed by atoms with Gasteiger partial charge in [0.1, 0.15) is 6.54 Å². The summed E-state index contributed by atoms with van der Waals surface area (Å²) in [7, 11) is 0. The lowest BCUT2D eigenvalue weighted by Gasteiger charge is -1.99. The number of rotatable bonds is 3. The number of halogens is 1. The monoisotopic (exact) mass is 237 g/mol. The molecule has 2 N–H and O–H groups in total. The van der Waals surface area contributed by atoms with E-state index >= 15 is 0 Å². The fourth-order valence-corrected chi connectivity index (χ4v) is 1.79. The largest absolute Gasteiger partial charge is 0.290 e. The molecule has 2 rings (SSSR count). The third-order valence-corrected chi connectivity index (χ3v) is 2.82. The minimum absolute atomic E-state index is 0.0814. The molecule has 0 saturated carbocycles. The summed E-state index contributed by atoms with van der Waals surface area (Å²) >= 11 is 5.76. The highest BCUT2D eigenvalue weighted by Crippen LogP contribution is 2.09. The van der Waals surface area contributed by atoms with Crippen LogP contribution in [0, 0.1) is 0 Å². The number of benzene rings is 1. The summed E-state index contributed by atoms with van der Waals surface area (Å²) in [4.78, 5) is 15.0. The van der Waals surface area contributed by atoms with E-state index in [-0.39, 0.29) is 5.78 Å². The van der Waals surface area contributed by atoms with Gasteiger partial charge in [-0.25, -0.2) is 0 Å². The standard InChI is InChI=1S/C12H13ClN2O/c13-10-5-3-9(4-6-10)11(16)8-15-12-2-1-7-14-12/h3-6H,1-2,7-8H2,(H,14,15)/p+1. The Morgan fingerprint density at radius 2 is 2.12 bits per heavy atom. The molecule has 0 aromatic heterocycles. The Morgan fingerprint density at radius 1 is 1.38 bits per heavy atom. The molecule has 0 fully saturated rings. The lowest BCUT2D eigenvalue weighted by Crippen LogP contribution is -2.72. The molecule has 0 unspecified atom stereocenters. The fourth-order valence-electron chi connectivity index (χ4n) is 1.67. The fraction of sp³-hybridized carbons (Fsp3) is 0.333. The predicted octanol–water partition coefficient (Wildman–Crippen LogP) is 0.385. The van der Waals surface area contributed by atoms with Crippen molar-refractivity contribution < 1.29 is 9.79 Å². The van der Waals surface area contributed by atoms with Crippen molar-refractivity contribution in [2.24, 2.45) is 0 Å². The molecule has 0 aliphatic carbocycles. The maximum absolute atomic E-state index is 11.8. The maximum atomic E-state index is 11.8. The van der Waals surface area contributed by atoms with Gasteiger partial charge in [0.05, 0.1) is 13.0 Å². The van der Waals surface area contributed by atoms with Crippen LogP contribution in [0.2, 0.25) is 5.02 Å². The van der Waals surface area contributed by atoms with Crippen LogP contribution >= 0.6 is 11.6 Å². The third-order valence-electron chi connectivity index (χ3n) is 2.57. The molecule has 3 nitrogen and oxygen atoms in total. The van der Waals surface area contributed by atoms with Crippen molar-refractivity contribution in [2.45, 2.75) is 12.8 Å². The van der Waals surface area contributed by atoms with Gasteiger partial charge in [0.25, 0.3) is 0 Å². The Bertz CT molecular complexity index is 412. The number of carbonyl (C=O) groups excluding carboxylic acids is 1. The van der Waals surface area contributed by atoms with Crippen molar-refractivity contribution in [3.63, 3.8) is 0 Å². The van der Waals surface area contributed by atoms with Crippen LogP contribution < -0.4 is 10.3 Å². The van der Waals surface area contributed by atoms with Gasteiger partial charge in [-0.15, -0.1) is 0 Å². The van der Waals surface area contributed by atoms with E-state index in [1.165, 1.54) is 0 Å². The molecule has 1 heterocycles. The van der Waals surface area contributed by atoms with Crippen LogP contribution in [0.5, 0.6) is 0 Å². The first kappa shape index (κ1) is 11.1. The smallest absolute Gasteiger partial charge is 0.243 e. The number of nitrogens with one attached hydrogen (secondary N) is 2. The molecule has 4 heteroatoms. The number of amidine groups is 1. The zero-order chi connectivity index (χ0) is 11.4. The summed E-state index contributed by atoms with van der Waals surface area (Å²) in [6.45, 7) is 1.33. The van der Waals surface area contributed by atoms with Crippen LogP contribution in [0.15, 0.2) is 24.3 Å². The Balaban J connectivity index is 1.90. The van der Waals surface area contributed by atoms with E-state index in [1.54, 1.807) is 24.3 Å². The summed E-state index contributed by atoms with van der Waals surface area (Å²) < 4.78 is 0. The van der Waals surface area contributed by atoms with Gasteiger partial charge in [0, 0.05) is 10.6 Å². The van der Waals surface area contributed by atoms with Gasteiger partial charge in [-0.05, 0) is 30.7 Å².